The highest BCUT2D eigenvalue weighted by Crippen LogP contribution is 2.23. The van der Waals surface area contributed by atoms with Gasteiger partial charge in [-0.2, -0.15) is 0 Å². The van der Waals surface area contributed by atoms with E-state index in [1.54, 1.807) is 0 Å². The minimum atomic E-state index is -0.326. The topological polar surface area (TPSA) is 72.1 Å². The number of carbonyl (C=O) groups excluding carboxylic acids is 1. The molecule has 1 amide bonds. The van der Waals surface area contributed by atoms with Crippen molar-refractivity contribution >= 4 is 23.3 Å². The number of hydrogen-bond donors (Lipinski definition) is 1. The number of anilines is 1. The van der Waals surface area contributed by atoms with E-state index in [2.05, 4.69) is 9.97 Å². The lowest BCUT2D eigenvalue weighted by Crippen LogP contribution is -2.55. The van der Waals surface area contributed by atoms with Gasteiger partial charge in [0.1, 0.15) is 17.0 Å². The van der Waals surface area contributed by atoms with E-state index in [0.717, 1.165) is 13.0 Å². The minimum absolute atomic E-state index is 0.245. The number of nitrogens with zero attached hydrogens (tertiary/aromatic N) is 3. The van der Waals surface area contributed by atoms with Gasteiger partial charge in [-0.3, -0.25) is 4.79 Å². The first-order chi connectivity index (χ1) is 6.68. The zero-order chi connectivity index (χ0) is 10.1. The number of halogens is 1. The molecule has 1 aromatic rings. The summed E-state index contributed by atoms with van der Waals surface area (Å²) in [6, 6.07) is -0.245. The number of primary amides is 1. The van der Waals surface area contributed by atoms with Crippen molar-refractivity contribution in [2.45, 2.75) is 12.5 Å². The first-order valence-electron chi connectivity index (χ1n) is 4.22. The second-order valence-corrected chi connectivity index (χ2v) is 3.48. The van der Waals surface area contributed by atoms with Gasteiger partial charge in [0.15, 0.2) is 0 Å². The van der Waals surface area contributed by atoms with Crippen molar-refractivity contribution in [2.75, 3.05) is 11.4 Å². The molecular weight excluding hydrogens is 204 g/mol. The van der Waals surface area contributed by atoms with Crippen LogP contribution in [0.3, 0.4) is 0 Å². The molecule has 2 N–H and O–H groups in total. The standard InChI is InChI=1S/C8H9ClN4O/c9-6-3-12-7(4-11-6)13-2-1-5(13)8(10)14/h3-5H,1-2H2,(H2,10,14). The fourth-order valence-electron chi connectivity index (χ4n) is 1.41. The highest BCUT2D eigenvalue weighted by Gasteiger charge is 2.33. The third-order valence-corrected chi connectivity index (χ3v) is 2.44. The summed E-state index contributed by atoms with van der Waals surface area (Å²) in [4.78, 5) is 20.7. The van der Waals surface area contributed by atoms with Gasteiger partial charge in [0.2, 0.25) is 5.91 Å². The molecule has 0 aliphatic carbocycles. The first-order valence-corrected chi connectivity index (χ1v) is 4.60. The predicted octanol–water partition coefficient (Wildman–Crippen LogP) is 0.194. The number of nitrogens with two attached hydrogens (primary N) is 1. The Balaban J connectivity index is 2.16. The molecule has 1 atom stereocenters. The maximum atomic E-state index is 10.9. The van der Waals surface area contributed by atoms with Crippen LogP contribution in [0, 0.1) is 0 Å². The van der Waals surface area contributed by atoms with Crippen molar-refractivity contribution < 1.29 is 4.79 Å². The smallest absolute Gasteiger partial charge is 0.240 e. The van der Waals surface area contributed by atoms with Gasteiger partial charge in [-0.1, -0.05) is 11.6 Å². The molecular formula is C8H9ClN4O. The lowest BCUT2D eigenvalue weighted by Gasteiger charge is -2.39. The molecule has 0 radical (unpaired) electrons. The van der Waals surface area contributed by atoms with Crippen LogP contribution in [0.15, 0.2) is 12.4 Å². The zero-order valence-corrected chi connectivity index (χ0v) is 8.11. The van der Waals surface area contributed by atoms with Crippen molar-refractivity contribution in [3.8, 4) is 0 Å². The lowest BCUT2D eigenvalue weighted by atomic mass is 10.0. The summed E-state index contributed by atoms with van der Waals surface area (Å²) in [5.41, 5.74) is 5.20. The molecule has 0 aromatic carbocycles. The van der Waals surface area contributed by atoms with Crippen LogP contribution < -0.4 is 10.6 Å². The molecule has 6 heteroatoms. The van der Waals surface area contributed by atoms with Crippen LogP contribution in [-0.2, 0) is 4.79 Å². The van der Waals surface area contributed by atoms with E-state index >= 15 is 0 Å². The van der Waals surface area contributed by atoms with Crippen LogP contribution in [0.1, 0.15) is 6.42 Å². The molecule has 2 heterocycles. The summed E-state index contributed by atoms with van der Waals surface area (Å²) in [5, 5.41) is 0.338. The molecule has 0 saturated carbocycles. The Kier molecular flexibility index (Phi) is 2.25. The van der Waals surface area contributed by atoms with E-state index in [1.165, 1.54) is 12.4 Å². The maximum Gasteiger partial charge on any atom is 0.240 e. The van der Waals surface area contributed by atoms with E-state index < -0.39 is 0 Å². The summed E-state index contributed by atoms with van der Waals surface area (Å²) >= 11 is 5.59. The number of rotatable bonds is 2. The van der Waals surface area contributed by atoms with Crippen LogP contribution in [0.5, 0.6) is 0 Å². The van der Waals surface area contributed by atoms with Crippen molar-refractivity contribution in [3.05, 3.63) is 17.5 Å². The van der Waals surface area contributed by atoms with Gasteiger partial charge in [0.25, 0.3) is 0 Å². The van der Waals surface area contributed by atoms with Crippen LogP contribution >= 0.6 is 11.6 Å². The molecule has 1 aromatic heterocycles. The lowest BCUT2D eigenvalue weighted by molar-refractivity contribution is -0.120. The van der Waals surface area contributed by atoms with E-state index in [-0.39, 0.29) is 11.9 Å². The van der Waals surface area contributed by atoms with Crippen LogP contribution in [0.2, 0.25) is 5.15 Å². The van der Waals surface area contributed by atoms with E-state index in [4.69, 9.17) is 17.3 Å². The first kappa shape index (κ1) is 9.21. The number of carbonyl (C=O) groups is 1. The summed E-state index contributed by atoms with van der Waals surface area (Å²) in [6.45, 7) is 0.782. The summed E-state index contributed by atoms with van der Waals surface area (Å²) in [6.07, 6.45) is 3.77. The van der Waals surface area contributed by atoms with Crippen LogP contribution in [-0.4, -0.2) is 28.5 Å². The third-order valence-electron chi connectivity index (χ3n) is 2.25. The normalized spacial score (nSPS) is 20.4. The molecule has 1 saturated heterocycles. The summed E-state index contributed by atoms with van der Waals surface area (Å²) in [7, 11) is 0. The highest BCUT2D eigenvalue weighted by molar-refractivity contribution is 6.29. The van der Waals surface area contributed by atoms with E-state index in [1.807, 2.05) is 4.90 Å². The molecule has 1 aliphatic rings. The second kappa shape index (κ2) is 3.42. The van der Waals surface area contributed by atoms with Gasteiger partial charge in [-0.25, -0.2) is 9.97 Å². The SMILES string of the molecule is NC(=O)C1CCN1c1cnc(Cl)cn1. The Morgan fingerprint density at radius 2 is 2.36 bits per heavy atom. The Morgan fingerprint density at radius 3 is 2.79 bits per heavy atom. The van der Waals surface area contributed by atoms with Crippen molar-refractivity contribution in [1.29, 1.82) is 0 Å². The molecule has 5 nitrogen and oxygen atoms in total. The van der Waals surface area contributed by atoms with Gasteiger partial charge in [0.05, 0.1) is 12.4 Å². The molecule has 1 aliphatic heterocycles. The van der Waals surface area contributed by atoms with E-state index in [0.29, 0.717) is 11.0 Å². The molecule has 1 fully saturated rings. The minimum Gasteiger partial charge on any atom is -0.368 e. The van der Waals surface area contributed by atoms with E-state index in [9.17, 15) is 4.79 Å². The van der Waals surface area contributed by atoms with Gasteiger partial charge in [-0.15, -0.1) is 0 Å². The highest BCUT2D eigenvalue weighted by atomic mass is 35.5. The van der Waals surface area contributed by atoms with Crippen LogP contribution in [0.4, 0.5) is 5.82 Å². The average molecular weight is 213 g/mol. The number of hydrogen-bond acceptors (Lipinski definition) is 4. The summed E-state index contributed by atoms with van der Waals surface area (Å²) in [5.74, 6) is 0.317. The van der Waals surface area contributed by atoms with Gasteiger partial charge in [-0.05, 0) is 6.42 Å². The van der Waals surface area contributed by atoms with Crippen molar-refractivity contribution in [3.63, 3.8) is 0 Å². The Hall–Kier alpha value is -1.36. The van der Waals surface area contributed by atoms with Gasteiger partial charge in [0, 0.05) is 6.54 Å². The summed E-state index contributed by atoms with van der Waals surface area (Å²) < 4.78 is 0. The molecule has 14 heavy (non-hydrogen) atoms. The fourth-order valence-corrected chi connectivity index (χ4v) is 1.51. The molecule has 0 bridgehead atoms. The largest absolute Gasteiger partial charge is 0.368 e. The molecule has 2 rings (SSSR count). The van der Waals surface area contributed by atoms with Crippen LogP contribution in [0.25, 0.3) is 0 Å². The Bertz CT molecular complexity index is 353. The second-order valence-electron chi connectivity index (χ2n) is 3.10. The van der Waals surface area contributed by atoms with Gasteiger partial charge < -0.3 is 10.6 Å². The van der Waals surface area contributed by atoms with Gasteiger partial charge >= 0.3 is 0 Å². The van der Waals surface area contributed by atoms with Crippen molar-refractivity contribution in [1.82, 2.24) is 9.97 Å². The Morgan fingerprint density at radius 1 is 1.57 bits per heavy atom. The fraction of sp³-hybridized carbons (Fsp3) is 0.375. The molecule has 0 spiro atoms. The average Bonchev–Trinajstić information content (AvgIpc) is 2.05. The molecule has 74 valence electrons. The monoisotopic (exact) mass is 212 g/mol. The third kappa shape index (κ3) is 1.50. The zero-order valence-electron chi connectivity index (χ0n) is 7.35. The number of aromatic nitrogens is 2. The quantitative estimate of drug-likeness (QED) is 0.760. The number of amides is 1. The molecule has 1 unspecified atom stereocenters. The predicted molar refractivity (Wildman–Crippen MR) is 52.0 cm³/mol. The Labute approximate surface area is 85.9 Å². The maximum absolute atomic E-state index is 10.9. The van der Waals surface area contributed by atoms with Crippen molar-refractivity contribution in [2.24, 2.45) is 5.73 Å².